The first-order chi connectivity index (χ1) is 9.92. The van der Waals surface area contributed by atoms with Gasteiger partial charge in [0.15, 0.2) is 0 Å². The zero-order valence-electron chi connectivity index (χ0n) is 13.7. The Labute approximate surface area is 128 Å². The SMILES string of the molecule is CC(C)C(=O)NCCNC1CCC(C)(C)c2ccccc21. The van der Waals surface area contributed by atoms with Crippen LogP contribution < -0.4 is 10.6 Å². The second kappa shape index (κ2) is 6.61. The van der Waals surface area contributed by atoms with Crippen molar-refractivity contribution in [2.24, 2.45) is 5.92 Å². The van der Waals surface area contributed by atoms with E-state index in [4.69, 9.17) is 0 Å². The second-order valence-corrected chi connectivity index (χ2v) is 6.96. The molecule has 0 fully saturated rings. The lowest BCUT2D eigenvalue weighted by Gasteiger charge is -2.37. The van der Waals surface area contributed by atoms with Crippen LogP contribution in [0.15, 0.2) is 24.3 Å². The summed E-state index contributed by atoms with van der Waals surface area (Å²) in [5.41, 5.74) is 3.14. The maximum atomic E-state index is 11.5. The van der Waals surface area contributed by atoms with Gasteiger partial charge in [-0.15, -0.1) is 0 Å². The van der Waals surface area contributed by atoms with Crippen molar-refractivity contribution in [1.29, 1.82) is 0 Å². The third-order valence-electron chi connectivity index (χ3n) is 4.46. The van der Waals surface area contributed by atoms with Crippen molar-refractivity contribution in [3.8, 4) is 0 Å². The number of carbonyl (C=O) groups excluding carboxylic acids is 1. The highest BCUT2D eigenvalue weighted by Crippen LogP contribution is 2.41. The van der Waals surface area contributed by atoms with Gasteiger partial charge in [0.1, 0.15) is 0 Å². The van der Waals surface area contributed by atoms with Crippen molar-refractivity contribution in [3.05, 3.63) is 35.4 Å². The highest BCUT2D eigenvalue weighted by Gasteiger charge is 2.31. The van der Waals surface area contributed by atoms with E-state index in [9.17, 15) is 4.79 Å². The molecule has 1 unspecified atom stereocenters. The van der Waals surface area contributed by atoms with Crippen LogP contribution in [0.5, 0.6) is 0 Å². The lowest BCUT2D eigenvalue weighted by molar-refractivity contribution is -0.123. The van der Waals surface area contributed by atoms with Gasteiger partial charge in [-0.3, -0.25) is 4.79 Å². The van der Waals surface area contributed by atoms with E-state index in [-0.39, 0.29) is 17.2 Å². The van der Waals surface area contributed by atoms with Crippen LogP contribution in [0.1, 0.15) is 57.7 Å². The molecule has 0 bridgehead atoms. The molecular formula is C18H28N2O. The molecule has 0 heterocycles. The highest BCUT2D eigenvalue weighted by atomic mass is 16.1. The molecule has 1 aromatic carbocycles. The maximum absolute atomic E-state index is 11.5. The van der Waals surface area contributed by atoms with Gasteiger partial charge in [-0.05, 0) is 29.4 Å². The van der Waals surface area contributed by atoms with E-state index < -0.39 is 0 Å². The van der Waals surface area contributed by atoms with Gasteiger partial charge in [0.2, 0.25) is 5.91 Å². The molecule has 2 rings (SSSR count). The van der Waals surface area contributed by atoms with E-state index in [0.29, 0.717) is 12.6 Å². The number of hydrogen-bond donors (Lipinski definition) is 2. The molecule has 1 amide bonds. The molecule has 0 saturated heterocycles. The summed E-state index contributed by atoms with van der Waals surface area (Å²) in [6, 6.07) is 9.15. The number of fused-ring (bicyclic) bond motifs is 1. The maximum Gasteiger partial charge on any atom is 0.222 e. The smallest absolute Gasteiger partial charge is 0.222 e. The largest absolute Gasteiger partial charge is 0.355 e. The first-order valence-corrected chi connectivity index (χ1v) is 8.02. The average molecular weight is 288 g/mol. The predicted octanol–water partition coefficient (Wildman–Crippen LogP) is 3.16. The Kier molecular flexibility index (Phi) is 5.04. The molecule has 3 nitrogen and oxygen atoms in total. The monoisotopic (exact) mass is 288 g/mol. The van der Waals surface area contributed by atoms with Crippen LogP contribution in [0.4, 0.5) is 0 Å². The number of benzene rings is 1. The minimum Gasteiger partial charge on any atom is -0.355 e. The predicted molar refractivity (Wildman–Crippen MR) is 87.3 cm³/mol. The Morgan fingerprint density at radius 2 is 2.00 bits per heavy atom. The van der Waals surface area contributed by atoms with Gasteiger partial charge >= 0.3 is 0 Å². The van der Waals surface area contributed by atoms with Gasteiger partial charge in [-0.2, -0.15) is 0 Å². The minimum absolute atomic E-state index is 0.0567. The van der Waals surface area contributed by atoms with Crippen LogP contribution in [0, 0.1) is 5.92 Å². The summed E-state index contributed by atoms with van der Waals surface area (Å²) >= 11 is 0. The quantitative estimate of drug-likeness (QED) is 0.817. The molecule has 21 heavy (non-hydrogen) atoms. The molecule has 0 aromatic heterocycles. The molecule has 0 radical (unpaired) electrons. The van der Waals surface area contributed by atoms with Crippen molar-refractivity contribution in [1.82, 2.24) is 10.6 Å². The standard InChI is InChI=1S/C18H28N2O/c1-13(2)17(21)20-12-11-19-16-9-10-18(3,4)15-8-6-5-7-14(15)16/h5-8,13,16,19H,9-12H2,1-4H3,(H,20,21). The van der Waals surface area contributed by atoms with Gasteiger partial charge in [0.05, 0.1) is 0 Å². The van der Waals surface area contributed by atoms with Crippen LogP contribution in [-0.2, 0) is 10.2 Å². The van der Waals surface area contributed by atoms with Crippen molar-refractivity contribution in [2.75, 3.05) is 13.1 Å². The summed E-state index contributed by atoms with van der Waals surface area (Å²) in [5.74, 6) is 0.184. The van der Waals surface area contributed by atoms with Crippen molar-refractivity contribution in [2.45, 2.75) is 52.0 Å². The molecule has 0 aliphatic heterocycles. The molecule has 1 aliphatic carbocycles. The van der Waals surface area contributed by atoms with Crippen molar-refractivity contribution >= 4 is 5.91 Å². The van der Waals surface area contributed by atoms with Crippen LogP contribution >= 0.6 is 0 Å². The third-order valence-corrected chi connectivity index (χ3v) is 4.46. The summed E-state index contributed by atoms with van der Waals surface area (Å²) < 4.78 is 0. The summed E-state index contributed by atoms with van der Waals surface area (Å²) in [4.78, 5) is 11.5. The van der Waals surface area contributed by atoms with Crippen molar-refractivity contribution < 1.29 is 4.79 Å². The van der Waals surface area contributed by atoms with E-state index in [1.54, 1.807) is 0 Å². The number of amides is 1. The van der Waals surface area contributed by atoms with Crippen LogP contribution in [0.25, 0.3) is 0 Å². The Morgan fingerprint density at radius 1 is 1.29 bits per heavy atom. The zero-order valence-corrected chi connectivity index (χ0v) is 13.7. The van der Waals surface area contributed by atoms with Gasteiger partial charge < -0.3 is 10.6 Å². The summed E-state index contributed by atoms with van der Waals surface area (Å²) in [7, 11) is 0. The normalized spacial score (nSPS) is 20.1. The molecular weight excluding hydrogens is 260 g/mol. The zero-order chi connectivity index (χ0) is 15.5. The number of rotatable bonds is 5. The van der Waals surface area contributed by atoms with Gasteiger partial charge in [-0.1, -0.05) is 52.0 Å². The molecule has 0 saturated carbocycles. The molecule has 3 heteroatoms. The fourth-order valence-corrected chi connectivity index (χ4v) is 3.06. The van der Waals surface area contributed by atoms with Crippen molar-refractivity contribution in [3.63, 3.8) is 0 Å². The fraction of sp³-hybridized carbons (Fsp3) is 0.611. The summed E-state index contributed by atoms with van der Waals surface area (Å²) in [5, 5.41) is 6.56. The first kappa shape index (κ1) is 16.0. The third kappa shape index (κ3) is 3.85. The Morgan fingerprint density at radius 3 is 2.71 bits per heavy atom. The van der Waals surface area contributed by atoms with Crippen LogP contribution in [-0.4, -0.2) is 19.0 Å². The molecule has 1 atom stereocenters. The Balaban J connectivity index is 1.92. The molecule has 116 valence electrons. The van der Waals surface area contributed by atoms with E-state index in [1.165, 1.54) is 17.5 Å². The minimum atomic E-state index is 0.0567. The number of nitrogens with one attached hydrogen (secondary N) is 2. The average Bonchev–Trinajstić information content (AvgIpc) is 2.45. The highest BCUT2D eigenvalue weighted by molar-refractivity contribution is 5.77. The fourth-order valence-electron chi connectivity index (χ4n) is 3.06. The van der Waals surface area contributed by atoms with E-state index in [1.807, 2.05) is 13.8 Å². The van der Waals surface area contributed by atoms with Gasteiger partial charge in [-0.25, -0.2) is 0 Å². The molecule has 1 aliphatic rings. The Hall–Kier alpha value is -1.35. The van der Waals surface area contributed by atoms with Crippen LogP contribution in [0.3, 0.4) is 0 Å². The molecule has 0 spiro atoms. The Bertz CT molecular complexity index is 494. The molecule has 1 aromatic rings. The van der Waals surface area contributed by atoms with E-state index >= 15 is 0 Å². The van der Waals surface area contributed by atoms with Gasteiger partial charge in [0.25, 0.3) is 0 Å². The lowest BCUT2D eigenvalue weighted by atomic mass is 9.71. The van der Waals surface area contributed by atoms with E-state index in [0.717, 1.165) is 13.0 Å². The molecule has 2 N–H and O–H groups in total. The summed E-state index contributed by atoms with van der Waals surface area (Å²) in [6.07, 6.45) is 2.35. The summed E-state index contributed by atoms with van der Waals surface area (Å²) in [6.45, 7) is 10.00. The first-order valence-electron chi connectivity index (χ1n) is 8.02. The van der Waals surface area contributed by atoms with E-state index in [2.05, 4.69) is 48.7 Å². The number of hydrogen-bond acceptors (Lipinski definition) is 2. The number of carbonyl (C=O) groups is 1. The lowest BCUT2D eigenvalue weighted by Crippen LogP contribution is -2.38. The topological polar surface area (TPSA) is 41.1 Å². The van der Waals surface area contributed by atoms with Gasteiger partial charge in [0, 0.05) is 25.0 Å². The second-order valence-electron chi connectivity index (χ2n) is 6.96. The van der Waals surface area contributed by atoms with Crippen LogP contribution in [0.2, 0.25) is 0 Å².